The van der Waals surface area contributed by atoms with Crippen molar-refractivity contribution < 1.29 is 21.9 Å². The Bertz CT molecular complexity index is 624. The van der Waals surface area contributed by atoms with E-state index in [0.29, 0.717) is 13.0 Å². The molecular formula is C13H16ClF2NO3S. The first-order valence-electron chi connectivity index (χ1n) is 6.52. The van der Waals surface area contributed by atoms with Crippen LogP contribution in [0.4, 0.5) is 8.78 Å². The maximum absolute atomic E-state index is 13.9. The Morgan fingerprint density at radius 1 is 1.43 bits per heavy atom. The van der Waals surface area contributed by atoms with Crippen LogP contribution in [0.1, 0.15) is 18.9 Å². The highest BCUT2D eigenvalue weighted by Crippen LogP contribution is 2.25. The third kappa shape index (κ3) is 3.53. The maximum Gasteiger partial charge on any atom is 0.246 e. The summed E-state index contributed by atoms with van der Waals surface area (Å²) in [5.74, 6) is -2.69. The Balaban J connectivity index is 2.45. The van der Waals surface area contributed by atoms with E-state index in [-0.39, 0.29) is 30.6 Å². The zero-order valence-corrected chi connectivity index (χ0v) is 13.1. The summed E-state index contributed by atoms with van der Waals surface area (Å²) >= 11 is 5.59. The highest BCUT2D eigenvalue weighted by molar-refractivity contribution is 7.89. The molecule has 118 valence electrons. The van der Waals surface area contributed by atoms with Gasteiger partial charge in [0, 0.05) is 25.6 Å². The number of hydrogen-bond donors (Lipinski definition) is 0. The summed E-state index contributed by atoms with van der Waals surface area (Å²) in [6, 6.07) is 1.98. The van der Waals surface area contributed by atoms with Gasteiger partial charge in [0.1, 0.15) is 4.90 Å². The van der Waals surface area contributed by atoms with Gasteiger partial charge in [-0.1, -0.05) is 0 Å². The second kappa shape index (κ2) is 6.56. The number of hydrogen-bond acceptors (Lipinski definition) is 3. The predicted octanol–water partition coefficient (Wildman–Crippen LogP) is 2.50. The molecule has 1 unspecified atom stereocenters. The standard InChI is InChI=1S/C13H16ClF2NO3S/c1-9-8-17(3-2-4-20-9)21(18,19)12-6-10(7-14)5-11(15)13(12)16/h5-6,9H,2-4,7-8H2,1H3. The molecule has 1 aromatic rings. The molecule has 0 spiro atoms. The Labute approximate surface area is 127 Å². The van der Waals surface area contributed by atoms with E-state index in [9.17, 15) is 17.2 Å². The van der Waals surface area contributed by atoms with E-state index < -0.39 is 26.6 Å². The third-order valence-corrected chi connectivity index (χ3v) is 5.41. The molecule has 0 saturated carbocycles. The van der Waals surface area contributed by atoms with Gasteiger partial charge in [-0.3, -0.25) is 0 Å². The average molecular weight is 340 g/mol. The number of halogens is 3. The molecule has 0 radical (unpaired) electrons. The largest absolute Gasteiger partial charge is 0.377 e. The van der Waals surface area contributed by atoms with Crippen molar-refractivity contribution in [1.82, 2.24) is 4.31 Å². The first-order valence-corrected chi connectivity index (χ1v) is 8.49. The fourth-order valence-electron chi connectivity index (χ4n) is 2.20. The lowest BCUT2D eigenvalue weighted by molar-refractivity contribution is 0.0752. The molecular weight excluding hydrogens is 324 g/mol. The van der Waals surface area contributed by atoms with E-state index in [1.807, 2.05) is 0 Å². The van der Waals surface area contributed by atoms with E-state index in [0.717, 1.165) is 16.4 Å². The van der Waals surface area contributed by atoms with Crippen molar-refractivity contribution in [3.8, 4) is 0 Å². The Kier molecular flexibility index (Phi) is 5.19. The monoisotopic (exact) mass is 339 g/mol. The number of sulfonamides is 1. The van der Waals surface area contributed by atoms with Gasteiger partial charge in [0.2, 0.25) is 10.0 Å². The third-order valence-electron chi connectivity index (χ3n) is 3.24. The van der Waals surface area contributed by atoms with Crippen molar-refractivity contribution in [3.05, 3.63) is 29.3 Å². The summed E-state index contributed by atoms with van der Waals surface area (Å²) in [6.07, 6.45) is 0.203. The van der Waals surface area contributed by atoms with Gasteiger partial charge >= 0.3 is 0 Å². The van der Waals surface area contributed by atoms with Gasteiger partial charge in [-0.05, 0) is 31.0 Å². The normalized spacial score (nSPS) is 21.2. The predicted molar refractivity (Wildman–Crippen MR) is 74.7 cm³/mol. The SMILES string of the molecule is CC1CN(S(=O)(=O)c2cc(CCl)cc(F)c2F)CCCO1. The lowest BCUT2D eigenvalue weighted by atomic mass is 10.2. The molecule has 1 aliphatic rings. The molecule has 4 nitrogen and oxygen atoms in total. The molecule has 0 aromatic heterocycles. The highest BCUT2D eigenvalue weighted by atomic mass is 35.5. The minimum atomic E-state index is -4.12. The molecule has 1 atom stereocenters. The van der Waals surface area contributed by atoms with Gasteiger partial charge in [-0.15, -0.1) is 11.6 Å². The maximum atomic E-state index is 13.9. The van der Waals surface area contributed by atoms with E-state index in [4.69, 9.17) is 16.3 Å². The van der Waals surface area contributed by atoms with E-state index in [1.54, 1.807) is 6.92 Å². The van der Waals surface area contributed by atoms with Crippen molar-refractivity contribution in [2.24, 2.45) is 0 Å². The number of alkyl halides is 1. The average Bonchev–Trinajstić information content (AvgIpc) is 2.66. The van der Waals surface area contributed by atoms with Gasteiger partial charge in [0.05, 0.1) is 6.10 Å². The van der Waals surface area contributed by atoms with E-state index in [2.05, 4.69) is 0 Å². The Morgan fingerprint density at radius 2 is 2.14 bits per heavy atom. The highest BCUT2D eigenvalue weighted by Gasteiger charge is 2.31. The molecule has 0 bridgehead atoms. The Hall–Kier alpha value is -0.760. The summed E-state index contributed by atoms with van der Waals surface area (Å²) < 4.78 is 59.0. The van der Waals surface area contributed by atoms with Crippen molar-refractivity contribution in [3.63, 3.8) is 0 Å². The van der Waals surface area contributed by atoms with Crippen LogP contribution in [-0.2, 0) is 20.6 Å². The lowest BCUT2D eigenvalue weighted by Crippen LogP contribution is -2.36. The summed E-state index contributed by atoms with van der Waals surface area (Å²) in [7, 11) is -4.12. The number of benzene rings is 1. The van der Waals surface area contributed by atoms with Crippen LogP contribution in [0.5, 0.6) is 0 Å². The molecule has 0 aliphatic carbocycles. The van der Waals surface area contributed by atoms with Crippen LogP contribution in [0.25, 0.3) is 0 Å². The topological polar surface area (TPSA) is 46.6 Å². The second-order valence-electron chi connectivity index (χ2n) is 4.92. The van der Waals surface area contributed by atoms with Gasteiger partial charge in [0.25, 0.3) is 0 Å². The minimum Gasteiger partial charge on any atom is -0.377 e. The molecule has 2 rings (SSSR count). The van der Waals surface area contributed by atoms with Crippen LogP contribution in [0.3, 0.4) is 0 Å². The molecule has 1 fully saturated rings. The van der Waals surface area contributed by atoms with Crippen LogP contribution < -0.4 is 0 Å². The van der Waals surface area contributed by atoms with Gasteiger partial charge < -0.3 is 4.74 Å². The molecule has 1 heterocycles. The quantitative estimate of drug-likeness (QED) is 0.795. The van der Waals surface area contributed by atoms with Crippen LogP contribution in [0.2, 0.25) is 0 Å². The Morgan fingerprint density at radius 3 is 2.81 bits per heavy atom. The summed E-state index contributed by atoms with van der Waals surface area (Å²) in [5.41, 5.74) is 0.216. The molecule has 8 heteroatoms. The van der Waals surface area contributed by atoms with Crippen LogP contribution in [0, 0.1) is 11.6 Å². The fourth-order valence-corrected chi connectivity index (χ4v) is 4.03. The van der Waals surface area contributed by atoms with Crippen molar-refractivity contribution in [2.75, 3.05) is 19.7 Å². The van der Waals surface area contributed by atoms with Crippen molar-refractivity contribution >= 4 is 21.6 Å². The first kappa shape index (κ1) is 16.6. The fraction of sp³-hybridized carbons (Fsp3) is 0.538. The van der Waals surface area contributed by atoms with E-state index in [1.165, 1.54) is 0 Å². The molecule has 0 N–H and O–H groups in total. The zero-order valence-electron chi connectivity index (χ0n) is 11.5. The van der Waals surface area contributed by atoms with Crippen LogP contribution in [-0.4, -0.2) is 38.5 Å². The molecule has 1 saturated heterocycles. The lowest BCUT2D eigenvalue weighted by Gasteiger charge is -2.22. The van der Waals surface area contributed by atoms with Gasteiger partial charge in [-0.25, -0.2) is 17.2 Å². The molecule has 1 aliphatic heterocycles. The number of nitrogens with zero attached hydrogens (tertiary/aromatic N) is 1. The smallest absolute Gasteiger partial charge is 0.246 e. The zero-order chi connectivity index (χ0) is 15.6. The van der Waals surface area contributed by atoms with Crippen LogP contribution in [0.15, 0.2) is 17.0 Å². The number of rotatable bonds is 3. The number of ether oxygens (including phenoxy) is 1. The van der Waals surface area contributed by atoms with E-state index >= 15 is 0 Å². The molecule has 1 aromatic carbocycles. The van der Waals surface area contributed by atoms with Crippen molar-refractivity contribution in [2.45, 2.75) is 30.2 Å². The summed E-state index contributed by atoms with van der Waals surface area (Å²) in [5, 5.41) is 0. The first-order chi connectivity index (χ1) is 9.86. The summed E-state index contributed by atoms with van der Waals surface area (Å²) in [6.45, 7) is 2.49. The van der Waals surface area contributed by atoms with Crippen molar-refractivity contribution in [1.29, 1.82) is 0 Å². The molecule has 0 amide bonds. The molecule has 21 heavy (non-hydrogen) atoms. The second-order valence-corrected chi connectivity index (χ2v) is 7.10. The van der Waals surface area contributed by atoms with Gasteiger partial charge in [-0.2, -0.15) is 4.31 Å². The van der Waals surface area contributed by atoms with Gasteiger partial charge in [0.15, 0.2) is 11.6 Å². The van der Waals surface area contributed by atoms with Crippen LogP contribution >= 0.6 is 11.6 Å². The minimum absolute atomic E-state index is 0.0980. The summed E-state index contributed by atoms with van der Waals surface area (Å²) in [4.78, 5) is -0.674.